The fourth-order valence-corrected chi connectivity index (χ4v) is 3.90. The van der Waals surface area contributed by atoms with E-state index in [0.29, 0.717) is 18.5 Å². The van der Waals surface area contributed by atoms with Crippen molar-refractivity contribution in [3.8, 4) is 11.1 Å². The molecule has 3 aromatic rings. The number of fused-ring (bicyclic) bond motifs is 3. The van der Waals surface area contributed by atoms with Crippen LogP contribution in [0.1, 0.15) is 29.0 Å². The molecular formula is C25H21FN2O4. The summed E-state index contributed by atoms with van der Waals surface area (Å²) in [6.07, 6.45) is 3.39. The Morgan fingerprint density at radius 2 is 1.72 bits per heavy atom. The Morgan fingerprint density at radius 3 is 2.38 bits per heavy atom. The quantitative estimate of drug-likeness (QED) is 0.296. The number of halogens is 1. The first-order valence-corrected chi connectivity index (χ1v) is 10.2. The van der Waals surface area contributed by atoms with E-state index in [-0.39, 0.29) is 12.5 Å². The van der Waals surface area contributed by atoms with Crippen molar-refractivity contribution < 1.29 is 18.8 Å². The van der Waals surface area contributed by atoms with E-state index in [1.54, 1.807) is 12.2 Å². The van der Waals surface area contributed by atoms with Crippen LogP contribution < -0.4 is 5.32 Å². The Morgan fingerprint density at radius 1 is 1.06 bits per heavy atom. The number of rotatable bonds is 7. The molecule has 0 radical (unpaired) electrons. The second-order valence-electron chi connectivity index (χ2n) is 7.41. The Bertz CT molecular complexity index is 1150. The molecule has 0 unspecified atom stereocenters. The highest BCUT2D eigenvalue weighted by molar-refractivity contribution is 5.79. The maximum Gasteiger partial charge on any atom is 0.407 e. The first kappa shape index (κ1) is 21.2. The largest absolute Gasteiger partial charge is 0.449 e. The standard InChI is InChI=1S/C25H21FN2O4/c26-23-13-12-17(15-24(23)28(30)31)7-5-6-14-27-25(29)32-16-22-20-10-3-1-8-18(20)19-9-2-4-11-21(19)22/h1-5,7-13,15,22H,6,14,16H2,(H,27,29). The summed E-state index contributed by atoms with van der Waals surface area (Å²) in [6, 6.07) is 20.0. The number of nitrogens with zero attached hydrogens (tertiary/aromatic N) is 1. The SMILES string of the molecule is O=C(NCCC=Cc1ccc(F)c([N+](=O)[O-])c1)OCC1c2ccccc2-c2ccccc21. The van der Waals surface area contributed by atoms with Gasteiger partial charge in [0.15, 0.2) is 0 Å². The highest BCUT2D eigenvalue weighted by Gasteiger charge is 2.28. The zero-order chi connectivity index (χ0) is 22.5. The second-order valence-corrected chi connectivity index (χ2v) is 7.41. The van der Waals surface area contributed by atoms with Crippen molar-refractivity contribution in [1.29, 1.82) is 0 Å². The normalized spacial score (nSPS) is 12.4. The molecule has 1 N–H and O–H groups in total. The predicted octanol–water partition coefficient (Wildman–Crippen LogP) is 5.68. The molecule has 0 saturated carbocycles. The minimum atomic E-state index is -0.871. The Balaban J connectivity index is 1.27. The van der Waals surface area contributed by atoms with Crippen molar-refractivity contribution in [2.24, 2.45) is 0 Å². The van der Waals surface area contributed by atoms with Gasteiger partial charge in [-0.05, 0) is 40.3 Å². The number of hydrogen-bond acceptors (Lipinski definition) is 4. The maximum absolute atomic E-state index is 13.4. The van der Waals surface area contributed by atoms with Crippen LogP contribution in [-0.4, -0.2) is 24.2 Å². The van der Waals surface area contributed by atoms with Gasteiger partial charge >= 0.3 is 11.8 Å². The topological polar surface area (TPSA) is 81.5 Å². The first-order valence-electron chi connectivity index (χ1n) is 10.2. The number of nitrogens with one attached hydrogen (secondary N) is 1. The smallest absolute Gasteiger partial charge is 0.407 e. The average molecular weight is 432 g/mol. The van der Waals surface area contributed by atoms with Crippen molar-refractivity contribution in [2.75, 3.05) is 13.2 Å². The molecule has 4 rings (SSSR count). The molecule has 162 valence electrons. The van der Waals surface area contributed by atoms with Crippen LogP contribution >= 0.6 is 0 Å². The number of alkyl carbamates (subject to hydrolysis) is 1. The van der Waals surface area contributed by atoms with Crippen LogP contribution in [0.3, 0.4) is 0 Å². The molecule has 6 nitrogen and oxygen atoms in total. The van der Waals surface area contributed by atoms with Gasteiger partial charge in [0.05, 0.1) is 4.92 Å². The van der Waals surface area contributed by atoms with Gasteiger partial charge in [-0.25, -0.2) is 4.79 Å². The number of carbonyl (C=O) groups is 1. The number of benzene rings is 3. The van der Waals surface area contributed by atoms with Crippen LogP contribution in [0.2, 0.25) is 0 Å². The van der Waals surface area contributed by atoms with Gasteiger partial charge in [-0.1, -0.05) is 66.7 Å². The van der Waals surface area contributed by atoms with E-state index in [0.717, 1.165) is 17.2 Å². The number of ether oxygens (including phenoxy) is 1. The summed E-state index contributed by atoms with van der Waals surface area (Å²) in [5.41, 5.74) is 4.59. The minimum Gasteiger partial charge on any atom is -0.449 e. The molecular weight excluding hydrogens is 411 g/mol. The summed E-state index contributed by atoms with van der Waals surface area (Å²) >= 11 is 0. The van der Waals surface area contributed by atoms with E-state index < -0.39 is 22.5 Å². The van der Waals surface area contributed by atoms with Crippen molar-refractivity contribution in [1.82, 2.24) is 5.32 Å². The van der Waals surface area contributed by atoms with Crippen LogP contribution in [-0.2, 0) is 4.74 Å². The molecule has 0 bridgehead atoms. The number of hydrogen-bond donors (Lipinski definition) is 1. The lowest BCUT2D eigenvalue weighted by atomic mass is 9.98. The van der Waals surface area contributed by atoms with Crippen molar-refractivity contribution in [2.45, 2.75) is 12.3 Å². The van der Waals surface area contributed by atoms with Crippen LogP contribution in [0, 0.1) is 15.9 Å². The van der Waals surface area contributed by atoms with Crippen LogP contribution in [0.5, 0.6) is 0 Å². The highest BCUT2D eigenvalue weighted by Crippen LogP contribution is 2.44. The van der Waals surface area contributed by atoms with E-state index in [4.69, 9.17) is 4.74 Å². The zero-order valence-electron chi connectivity index (χ0n) is 17.2. The molecule has 0 aliphatic heterocycles. The molecule has 7 heteroatoms. The maximum atomic E-state index is 13.4. The lowest BCUT2D eigenvalue weighted by Gasteiger charge is -2.14. The van der Waals surface area contributed by atoms with Gasteiger partial charge in [0.2, 0.25) is 5.82 Å². The first-order chi connectivity index (χ1) is 15.5. The average Bonchev–Trinajstić information content (AvgIpc) is 3.12. The lowest BCUT2D eigenvalue weighted by molar-refractivity contribution is -0.387. The monoisotopic (exact) mass is 432 g/mol. The fourth-order valence-electron chi connectivity index (χ4n) is 3.90. The van der Waals surface area contributed by atoms with Gasteiger partial charge in [-0.15, -0.1) is 0 Å². The van der Waals surface area contributed by atoms with E-state index in [1.807, 2.05) is 24.3 Å². The van der Waals surface area contributed by atoms with Gasteiger partial charge in [0.1, 0.15) is 6.61 Å². The second kappa shape index (κ2) is 9.43. The molecule has 1 aliphatic carbocycles. The Kier molecular flexibility index (Phi) is 6.26. The summed E-state index contributed by atoms with van der Waals surface area (Å²) in [4.78, 5) is 22.2. The van der Waals surface area contributed by atoms with E-state index >= 15 is 0 Å². The molecule has 3 aromatic carbocycles. The molecule has 0 atom stereocenters. The molecule has 1 amide bonds. The molecule has 0 heterocycles. The summed E-state index contributed by atoms with van der Waals surface area (Å²) in [7, 11) is 0. The van der Waals surface area contributed by atoms with Crippen molar-refractivity contribution >= 4 is 17.9 Å². The number of amides is 1. The summed E-state index contributed by atoms with van der Waals surface area (Å²) in [6.45, 7) is 0.589. The third-order valence-corrected chi connectivity index (χ3v) is 5.40. The summed E-state index contributed by atoms with van der Waals surface area (Å²) < 4.78 is 18.8. The van der Waals surface area contributed by atoms with Crippen molar-refractivity contribution in [3.05, 3.63) is 105 Å². The molecule has 32 heavy (non-hydrogen) atoms. The molecule has 0 fully saturated rings. The van der Waals surface area contributed by atoms with Gasteiger partial charge in [0, 0.05) is 18.5 Å². The third kappa shape index (κ3) is 4.51. The Hall–Kier alpha value is -4.00. The molecule has 0 saturated heterocycles. The van der Waals surface area contributed by atoms with E-state index in [2.05, 4.69) is 29.6 Å². The third-order valence-electron chi connectivity index (χ3n) is 5.40. The number of carbonyl (C=O) groups excluding carboxylic acids is 1. The molecule has 0 aromatic heterocycles. The lowest BCUT2D eigenvalue weighted by Crippen LogP contribution is -2.26. The van der Waals surface area contributed by atoms with Gasteiger partial charge < -0.3 is 10.1 Å². The van der Waals surface area contributed by atoms with E-state index in [9.17, 15) is 19.3 Å². The van der Waals surface area contributed by atoms with Crippen LogP contribution in [0.25, 0.3) is 17.2 Å². The molecule has 1 aliphatic rings. The van der Waals surface area contributed by atoms with Gasteiger partial charge in [0.25, 0.3) is 0 Å². The minimum absolute atomic E-state index is 0.00214. The highest BCUT2D eigenvalue weighted by atomic mass is 19.1. The van der Waals surface area contributed by atoms with Crippen LogP contribution in [0.15, 0.2) is 72.8 Å². The predicted molar refractivity (Wildman–Crippen MR) is 120 cm³/mol. The zero-order valence-corrected chi connectivity index (χ0v) is 17.2. The van der Waals surface area contributed by atoms with Crippen LogP contribution in [0.4, 0.5) is 14.9 Å². The summed E-state index contributed by atoms with van der Waals surface area (Å²) in [5, 5.41) is 13.5. The van der Waals surface area contributed by atoms with Gasteiger partial charge in [-0.3, -0.25) is 10.1 Å². The van der Waals surface area contributed by atoms with Gasteiger partial charge in [-0.2, -0.15) is 4.39 Å². The van der Waals surface area contributed by atoms with E-state index in [1.165, 1.54) is 23.3 Å². The fraction of sp³-hybridized carbons (Fsp3) is 0.160. The Labute approximate surface area is 184 Å². The van der Waals surface area contributed by atoms with Crippen molar-refractivity contribution in [3.63, 3.8) is 0 Å². The number of nitro groups is 1. The molecule has 0 spiro atoms. The summed E-state index contributed by atoms with van der Waals surface area (Å²) in [5.74, 6) is -0.869. The number of nitro benzene ring substituents is 1.